The van der Waals surface area contributed by atoms with E-state index < -0.39 is 5.91 Å². The minimum Gasteiger partial charge on any atom is -0.480 e. The first-order valence-corrected chi connectivity index (χ1v) is 8.95. The average molecular weight is 507 g/mol. The van der Waals surface area contributed by atoms with Crippen molar-refractivity contribution in [3.8, 4) is 24.2 Å². The highest BCUT2D eigenvalue weighted by Crippen LogP contribution is 2.23. The second-order valence-corrected chi connectivity index (χ2v) is 6.89. The van der Waals surface area contributed by atoms with Gasteiger partial charge in [0.15, 0.2) is 0 Å². The van der Waals surface area contributed by atoms with Gasteiger partial charge in [0.1, 0.15) is 24.0 Å². The smallest absolute Gasteiger partial charge is 0.266 e. The number of terminal acetylenes is 1. The maximum Gasteiger partial charge on any atom is 0.266 e. The molecule has 25 heavy (non-hydrogen) atoms. The highest BCUT2D eigenvalue weighted by atomic mass is 127. The zero-order valence-electron chi connectivity index (χ0n) is 12.9. The van der Waals surface area contributed by atoms with E-state index in [2.05, 4.69) is 49.8 Å². The molecule has 0 saturated carbocycles. The van der Waals surface area contributed by atoms with Crippen LogP contribution in [0.1, 0.15) is 5.56 Å². The number of hydrogen-bond acceptors (Lipinski definition) is 3. The molecule has 2 aromatic carbocycles. The van der Waals surface area contributed by atoms with Gasteiger partial charge in [0, 0.05) is 10.2 Å². The number of nitrogens with one attached hydrogen (secondary N) is 1. The van der Waals surface area contributed by atoms with Crippen LogP contribution in [0.15, 0.2) is 52.5 Å². The lowest BCUT2D eigenvalue weighted by Gasteiger charge is -2.07. The summed E-state index contributed by atoms with van der Waals surface area (Å²) in [6.07, 6.45) is 6.70. The van der Waals surface area contributed by atoms with Crippen molar-refractivity contribution < 1.29 is 9.53 Å². The Morgan fingerprint density at radius 1 is 1.36 bits per heavy atom. The summed E-state index contributed by atoms with van der Waals surface area (Å²) in [5.41, 5.74) is 1.33. The molecule has 2 rings (SSSR count). The number of nitrogens with zero attached hydrogens (tertiary/aromatic N) is 1. The van der Waals surface area contributed by atoms with E-state index in [0.717, 1.165) is 13.6 Å². The first-order chi connectivity index (χ1) is 12.0. The maximum atomic E-state index is 12.3. The van der Waals surface area contributed by atoms with E-state index in [9.17, 15) is 10.1 Å². The second-order valence-electron chi connectivity index (χ2n) is 4.82. The average Bonchev–Trinajstić information content (AvgIpc) is 2.58. The summed E-state index contributed by atoms with van der Waals surface area (Å²) >= 11 is 5.45. The maximum absolute atomic E-state index is 12.3. The molecule has 0 spiro atoms. The third-order valence-corrected chi connectivity index (χ3v) is 4.36. The lowest BCUT2D eigenvalue weighted by Crippen LogP contribution is -2.13. The van der Waals surface area contributed by atoms with Crippen molar-refractivity contribution in [1.82, 2.24) is 0 Å². The summed E-state index contributed by atoms with van der Waals surface area (Å²) < 4.78 is 7.07. The molecule has 1 N–H and O–H groups in total. The summed E-state index contributed by atoms with van der Waals surface area (Å²) in [7, 11) is 0. The molecular formula is C19H12BrIN2O2. The molecule has 0 heterocycles. The van der Waals surface area contributed by atoms with Crippen molar-refractivity contribution in [2.45, 2.75) is 0 Å². The number of carbonyl (C=O) groups excluding carboxylic acids is 1. The summed E-state index contributed by atoms with van der Waals surface area (Å²) in [4.78, 5) is 12.3. The third kappa shape index (κ3) is 5.63. The van der Waals surface area contributed by atoms with Crippen LogP contribution < -0.4 is 10.1 Å². The fourth-order valence-corrected chi connectivity index (χ4v) is 3.02. The molecule has 0 aromatic heterocycles. The number of halogens is 2. The summed E-state index contributed by atoms with van der Waals surface area (Å²) in [6, 6.07) is 14.4. The van der Waals surface area contributed by atoms with E-state index in [1.807, 2.05) is 18.2 Å². The lowest BCUT2D eigenvalue weighted by molar-refractivity contribution is -0.112. The topological polar surface area (TPSA) is 62.1 Å². The Hall–Kier alpha value is -2.29. The van der Waals surface area contributed by atoms with Gasteiger partial charge in [-0.25, -0.2) is 0 Å². The molecule has 0 atom stereocenters. The Balaban J connectivity index is 2.19. The molecule has 0 aliphatic carbocycles. The van der Waals surface area contributed by atoms with E-state index in [-0.39, 0.29) is 12.2 Å². The Kier molecular flexibility index (Phi) is 7.05. The number of hydrogen-bond donors (Lipinski definition) is 1. The van der Waals surface area contributed by atoms with Crippen LogP contribution in [0.4, 0.5) is 5.69 Å². The van der Waals surface area contributed by atoms with Crippen molar-refractivity contribution >= 4 is 56.2 Å². The van der Waals surface area contributed by atoms with Gasteiger partial charge in [0.25, 0.3) is 5.91 Å². The Bertz CT molecular complexity index is 910. The quantitative estimate of drug-likeness (QED) is 0.279. The van der Waals surface area contributed by atoms with Gasteiger partial charge in [-0.3, -0.25) is 4.79 Å². The predicted octanol–water partition coefficient (Wildman–Crippen LogP) is 4.61. The number of amides is 1. The van der Waals surface area contributed by atoms with Crippen molar-refractivity contribution in [1.29, 1.82) is 5.26 Å². The van der Waals surface area contributed by atoms with Gasteiger partial charge in [-0.1, -0.05) is 34.0 Å². The molecule has 0 bridgehead atoms. The van der Waals surface area contributed by atoms with E-state index in [0.29, 0.717) is 11.4 Å². The van der Waals surface area contributed by atoms with Gasteiger partial charge in [-0.15, -0.1) is 6.42 Å². The summed E-state index contributed by atoms with van der Waals surface area (Å²) in [6.45, 7) is 0.184. The Morgan fingerprint density at radius 2 is 2.16 bits per heavy atom. The van der Waals surface area contributed by atoms with Crippen LogP contribution in [0.5, 0.6) is 5.75 Å². The number of carbonyl (C=O) groups is 1. The van der Waals surface area contributed by atoms with E-state index >= 15 is 0 Å². The summed E-state index contributed by atoms with van der Waals surface area (Å²) in [5, 5.41) is 12.0. The first kappa shape index (κ1) is 19.0. The van der Waals surface area contributed by atoms with Crippen LogP contribution in [0, 0.1) is 27.2 Å². The molecule has 0 unspecified atom stereocenters. The van der Waals surface area contributed by atoms with Gasteiger partial charge in [-0.05, 0) is 64.6 Å². The third-order valence-electron chi connectivity index (χ3n) is 3.03. The van der Waals surface area contributed by atoms with Gasteiger partial charge in [0.05, 0.1) is 3.57 Å². The fourth-order valence-electron chi connectivity index (χ4n) is 1.92. The van der Waals surface area contributed by atoms with Crippen LogP contribution in [0.25, 0.3) is 6.08 Å². The van der Waals surface area contributed by atoms with Crippen LogP contribution in [0.2, 0.25) is 0 Å². The molecule has 0 aliphatic rings. The molecular weight excluding hydrogens is 495 g/mol. The highest BCUT2D eigenvalue weighted by molar-refractivity contribution is 14.1. The van der Waals surface area contributed by atoms with Crippen LogP contribution in [0.3, 0.4) is 0 Å². The Morgan fingerprint density at radius 3 is 2.80 bits per heavy atom. The molecule has 0 saturated heterocycles. The molecule has 6 heteroatoms. The highest BCUT2D eigenvalue weighted by Gasteiger charge is 2.10. The minimum absolute atomic E-state index is 0.00747. The Labute approximate surface area is 168 Å². The van der Waals surface area contributed by atoms with Gasteiger partial charge in [-0.2, -0.15) is 5.26 Å². The standard InChI is InChI=1S/C19H12BrIN2O2/c1-2-8-25-18-7-6-13(10-17(18)21)9-14(12-22)19(24)23-16-5-3-4-15(20)11-16/h1,3-7,9-11H,8H2,(H,23,24)/b14-9-. The monoisotopic (exact) mass is 506 g/mol. The normalized spacial score (nSPS) is 10.5. The largest absolute Gasteiger partial charge is 0.480 e. The minimum atomic E-state index is -0.469. The number of rotatable bonds is 5. The second kappa shape index (κ2) is 9.26. The zero-order chi connectivity index (χ0) is 18.2. The fraction of sp³-hybridized carbons (Fsp3) is 0.0526. The molecule has 124 valence electrons. The SMILES string of the molecule is C#CCOc1ccc(/C=C(/C#N)C(=O)Nc2cccc(Br)c2)cc1I. The number of benzene rings is 2. The molecule has 0 fully saturated rings. The number of ether oxygens (including phenoxy) is 1. The van der Waals surface area contributed by atoms with Crippen LogP contribution in [-0.2, 0) is 4.79 Å². The number of anilines is 1. The van der Waals surface area contributed by atoms with Crippen molar-refractivity contribution in [3.63, 3.8) is 0 Å². The lowest BCUT2D eigenvalue weighted by atomic mass is 10.1. The van der Waals surface area contributed by atoms with Crippen molar-refractivity contribution in [2.75, 3.05) is 11.9 Å². The molecule has 0 radical (unpaired) electrons. The number of nitriles is 1. The van der Waals surface area contributed by atoms with Crippen molar-refractivity contribution in [2.24, 2.45) is 0 Å². The zero-order valence-corrected chi connectivity index (χ0v) is 16.7. The molecule has 1 amide bonds. The molecule has 0 aliphatic heterocycles. The van der Waals surface area contributed by atoms with Crippen LogP contribution >= 0.6 is 38.5 Å². The molecule has 2 aromatic rings. The van der Waals surface area contributed by atoms with E-state index in [4.69, 9.17) is 11.2 Å². The van der Waals surface area contributed by atoms with E-state index in [1.54, 1.807) is 30.3 Å². The predicted molar refractivity (Wildman–Crippen MR) is 110 cm³/mol. The van der Waals surface area contributed by atoms with Crippen LogP contribution in [-0.4, -0.2) is 12.5 Å². The first-order valence-electron chi connectivity index (χ1n) is 7.08. The van der Waals surface area contributed by atoms with Gasteiger partial charge < -0.3 is 10.1 Å². The van der Waals surface area contributed by atoms with E-state index in [1.165, 1.54) is 6.08 Å². The van der Waals surface area contributed by atoms with Gasteiger partial charge in [0.2, 0.25) is 0 Å². The summed E-state index contributed by atoms with van der Waals surface area (Å²) in [5.74, 6) is 2.60. The molecule has 4 nitrogen and oxygen atoms in total. The van der Waals surface area contributed by atoms with Crippen molar-refractivity contribution in [3.05, 3.63) is 61.6 Å². The van der Waals surface area contributed by atoms with Gasteiger partial charge >= 0.3 is 0 Å².